The summed E-state index contributed by atoms with van der Waals surface area (Å²) in [5, 5.41) is 2.53. The van der Waals surface area contributed by atoms with Crippen LogP contribution >= 0.6 is 0 Å². The second-order valence-electron chi connectivity index (χ2n) is 7.57. The number of benzene rings is 1. The number of carbonyl (C=O) groups excluding carboxylic acids is 1. The highest BCUT2D eigenvalue weighted by Gasteiger charge is 2.32. The van der Waals surface area contributed by atoms with E-state index in [-0.39, 0.29) is 23.8 Å². The van der Waals surface area contributed by atoms with Gasteiger partial charge in [0.2, 0.25) is 15.9 Å². The normalized spacial score (nSPS) is 12.4. The number of amides is 1. The van der Waals surface area contributed by atoms with Crippen LogP contribution in [-0.4, -0.2) is 25.6 Å². The van der Waals surface area contributed by atoms with Crippen molar-refractivity contribution in [1.29, 1.82) is 0 Å². The van der Waals surface area contributed by atoms with Crippen LogP contribution in [0.2, 0.25) is 0 Å². The number of pyridine rings is 1. The van der Waals surface area contributed by atoms with E-state index >= 15 is 0 Å². The third-order valence-corrected chi connectivity index (χ3v) is 4.70. The molecule has 0 spiro atoms. The van der Waals surface area contributed by atoms with Crippen molar-refractivity contribution in [1.82, 2.24) is 10.3 Å². The summed E-state index contributed by atoms with van der Waals surface area (Å²) in [5.41, 5.74) is -0.195. The number of hydrogen-bond acceptors (Lipinski definition) is 4. The fourth-order valence-corrected chi connectivity index (χ4v) is 3.30. The number of nitrogens with zero attached hydrogens (tertiary/aromatic N) is 1. The quantitative estimate of drug-likeness (QED) is 0.446. The van der Waals surface area contributed by atoms with E-state index in [9.17, 15) is 30.8 Å². The van der Waals surface area contributed by atoms with Crippen molar-refractivity contribution >= 4 is 27.7 Å². The molecule has 2 rings (SSSR count). The third kappa shape index (κ3) is 7.95. The molecule has 174 valence electrons. The van der Waals surface area contributed by atoms with Crippen molar-refractivity contribution in [3.63, 3.8) is 0 Å². The highest BCUT2D eigenvalue weighted by Crippen LogP contribution is 2.29. The van der Waals surface area contributed by atoms with Crippen LogP contribution in [0.3, 0.4) is 0 Å². The van der Waals surface area contributed by atoms with Gasteiger partial charge in [-0.2, -0.15) is 13.2 Å². The van der Waals surface area contributed by atoms with Crippen LogP contribution in [0.15, 0.2) is 36.4 Å². The Balaban J connectivity index is 2.08. The first kappa shape index (κ1) is 25.3. The molecule has 32 heavy (non-hydrogen) atoms. The van der Waals surface area contributed by atoms with Gasteiger partial charge in [-0.3, -0.25) is 9.52 Å². The Bertz CT molecular complexity index is 1110. The Labute approximate surface area is 183 Å². The highest BCUT2D eigenvalue weighted by atomic mass is 32.2. The maximum atomic E-state index is 14.0. The topological polar surface area (TPSA) is 88.2 Å². The molecule has 11 heteroatoms. The van der Waals surface area contributed by atoms with E-state index in [0.717, 1.165) is 24.5 Å². The number of anilines is 1. The first-order valence-electron chi connectivity index (χ1n) is 9.54. The minimum absolute atomic E-state index is 0.0383. The molecule has 2 aromatic rings. The molecule has 0 fully saturated rings. The van der Waals surface area contributed by atoms with Crippen molar-refractivity contribution in [3.05, 3.63) is 64.7 Å². The summed E-state index contributed by atoms with van der Waals surface area (Å²) in [6, 6.07) is 5.88. The highest BCUT2D eigenvalue weighted by molar-refractivity contribution is 7.92. The average molecular weight is 473 g/mol. The van der Waals surface area contributed by atoms with Crippen LogP contribution in [0.25, 0.3) is 6.08 Å². The summed E-state index contributed by atoms with van der Waals surface area (Å²) >= 11 is 0. The van der Waals surface area contributed by atoms with Gasteiger partial charge in [-0.15, -0.1) is 0 Å². The first-order chi connectivity index (χ1) is 14.7. The summed E-state index contributed by atoms with van der Waals surface area (Å²) < 4.78 is 77.2. The summed E-state index contributed by atoms with van der Waals surface area (Å²) in [5.74, 6) is -1.28. The standard InChI is InChI=1S/C21H23F4N3O3S/c1-13(2)10-18-15(5-8-19(27-18)21(23,24)25)6-9-20(29)26-12-14-4-7-17(16(22)11-14)28-32(3,30)31/h4-9,11,13,28H,10,12H2,1-3H3,(H,26,29). The monoisotopic (exact) mass is 473 g/mol. The summed E-state index contributed by atoms with van der Waals surface area (Å²) in [6.45, 7) is 3.65. The smallest absolute Gasteiger partial charge is 0.348 e. The molecule has 0 atom stereocenters. The minimum atomic E-state index is -4.56. The SMILES string of the molecule is CC(C)Cc1nc(C(F)(F)F)ccc1C=CC(=O)NCc1ccc(NS(C)(=O)=O)c(F)c1. The molecule has 0 aliphatic heterocycles. The molecular formula is C21H23F4N3O3S. The van der Waals surface area contributed by atoms with E-state index in [2.05, 4.69) is 10.3 Å². The third-order valence-electron chi connectivity index (χ3n) is 4.11. The molecule has 1 amide bonds. The van der Waals surface area contributed by atoms with Gasteiger partial charge in [-0.1, -0.05) is 26.0 Å². The van der Waals surface area contributed by atoms with Gasteiger partial charge in [0.05, 0.1) is 11.9 Å². The molecular weight excluding hydrogens is 450 g/mol. The Morgan fingerprint density at radius 2 is 1.88 bits per heavy atom. The predicted octanol–water partition coefficient (Wildman–Crippen LogP) is 4.14. The van der Waals surface area contributed by atoms with Gasteiger partial charge in [0, 0.05) is 18.3 Å². The number of rotatable bonds is 8. The Kier molecular flexibility index (Phi) is 8.00. The fraction of sp³-hybridized carbons (Fsp3) is 0.333. The molecule has 0 saturated carbocycles. The average Bonchev–Trinajstić information content (AvgIpc) is 2.65. The van der Waals surface area contributed by atoms with Gasteiger partial charge in [-0.05, 0) is 47.7 Å². The van der Waals surface area contributed by atoms with Crippen LogP contribution in [0.4, 0.5) is 23.2 Å². The Morgan fingerprint density at radius 1 is 1.19 bits per heavy atom. The van der Waals surface area contributed by atoms with Gasteiger partial charge < -0.3 is 5.32 Å². The van der Waals surface area contributed by atoms with Crippen molar-refractivity contribution in [2.45, 2.75) is 33.0 Å². The molecule has 0 radical (unpaired) electrons. The van der Waals surface area contributed by atoms with Gasteiger partial charge in [0.25, 0.3) is 0 Å². The van der Waals surface area contributed by atoms with E-state index in [1.165, 1.54) is 24.3 Å². The minimum Gasteiger partial charge on any atom is -0.348 e. The molecule has 2 N–H and O–H groups in total. The van der Waals surface area contributed by atoms with Gasteiger partial charge >= 0.3 is 6.18 Å². The van der Waals surface area contributed by atoms with Crippen LogP contribution in [0, 0.1) is 11.7 Å². The lowest BCUT2D eigenvalue weighted by Crippen LogP contribution is -2.20. The summed E-state index contributed by atoms with van der Waals surface area (Å²) in [7, 11) is -3.63. The van der Waals surface area contributed by atoms with Crippen LogP contribution < -0.4 is 10.0 Å². The molecule has 1 aromatic heterocycles. The van der Waals surface area contributed by atoms with E-state index in [1.54, 1.807) is 0 Å². The van der Waals surface area contributed by atoms with Crippen molar-refractivity contribution in [2.75, 3.05) is 11.0 Å². The fourth-order valence-electron chi connectivity index (χ4n) is 2.74. The van der Waals surface area contributed by atoms with E-state index < -0.39 is 33.6 Å². The number of nitrogens with one attached hydrogen (secondary N) is 2. The van der Waals surface area contributed by atoms with Crippen LogP contribution in [-0.2, 0) is 34.0 Å². The molecule has 0 bridgehead atoms. The van der Waals surface area contributed by atoms with Crippen molar-refractivity contribution in [2.24, 2.45) is 5.92 Å². The summed E-state index contributed by atoms with van der Waals surface area (Å²) in [6.07, 6.45) is -0.832. The summed E-state index contributed by atoms with van der Waals surface area (Å²) in [4.78, 5) is 15.8. The number of alkyl halides is 3. The first-order valence-corrected chi connectivity index (χ1v) is 11.4. The number of aromatic nitrogens is 1. The van der Waals surface area contributed by atoms with Crippen LogP contribution in [0.5, 0.6) is 0 Å². The molecule has 1 aromatic carbocycles. The van der Waals surface area contributed by atoms with Crippen molar-refractivity contribution in [3.8, 4) is 0 Å². The maximum absolute atomic E-state index is 14.0. The number of hydrogen-bond donors (Lipinski definition) is 2. The van der Waals surface area contributed by atoms with Crippen molar-refractivity contribution < 1.29 is 30.8 Å². The lowest BCUT2D eigenvalue weighted by molar-refractivity contribution is -0.141. The second kappa shape index (κ2) is 10.1. The number of carbonyl (C=O) groups is 1. The Hall–Kier alpha value is -2.95. The molecule has 0 aliphatic rings. The zero-order chi connectivity index (χ0) is 24.1. The number of halogens is 4. The Morgan fingerprint density at radius 3 is 2.44 bits per heavy atom. The molecule has 1 heterocycles. The predicted molar refractivity (Wildman–Crippen MR) is 114 cm³/mol. The maximum Gasteiger partial charge on any atom is 0.433 e. The van der Waals surface area contributed by atoms with E-state index in [4.69, 9.17) is 0 Å². The van der Waals surface area contributed by atoms with Gasteiger partial charge in [-0.25, -0.2) is 17.8 Å². The zero-order valence-corrected chi connectivity index (χ0v) is 18.4. The molecule has 6 nitrogen and oxygen atoms in total. The van der Waals surface area contributed by atoms with Gasteiger partial charge in [0.15, 0.2) is 0 Å². The van der Waals surface area contributed by atoms with E-state index in [0.29, 0.717) is 17.5 Å². The molecule has 0 aliphatic carbocycles. The zero-order valence-electron chi connectivity index (χ0n) is 17.6. The van der Waals surface area contributed by atoms with Crippen LogP contribution in [0.1, 0.15) is 36.4 Å². The lowest BCUT2D eigenvalue weighted by atomic mass is 10.0. The molecule has 0 saturated heterocycles. The van der Waals surface area contributed by atoms with Gasteiger partial charge in [0.1, 0.15) is 11.5 Å². The number of sulfonamides is 1. The lowest BCUT2D eigenvalue weighted by Gasteiger charge is -2.12. The second-order valence-corrected chi connectivity index (χ2v) is 9.32. The molecule has 0 unspecified atom stereocenters. The largest absolute Gasteiger partial charge is 0.433 e. The van der Waals surface area contributed by atoms with E-state index in [1.807, 2.05) is 18.6 Å².